The highest BCUT2D eigenvalue weighted by Gasteiger charge is 2.20. The number of hydrogen-bond acceptors (Lipinski definition) is 6. The molecule has 4 aromatic rings. The Morgan fingerprint density at radius 2 is 2.06 bits per heavy atom. The van der Waals surface area contributed by atoms with Gasteiger partial charge in [0.05, 0.1) is 31.6 Å². The smallest absolute Gasteiger partial charge is 0.165 e. The fraction of sp³-hybridized carbons (Fsp3) is 0.318. The summed E-state index contributed by atoms with van der Waals surface area (Å²) in [6, 6.07) is 5.72. The maximum absolute atomic E-state index is 14.0. The molecule has 4 rings (SSSR count). The van der Waals surface area contributed by atoms with Crippen molar-refractivity contribution in [2.75, 3.05) is 31.8 Å². The van der Waals surface area contributed by atoms with Crippen LogP contribution in [-0.2, 0) is 6.54 Å². The highest BCUT2D eigenvalue weighted by molar-refractivity contribution is 5.77. The van der Waals surface area contributed by atoms with E-state index in [1.807, 2.05) is 31.1 Å². The SMILES string of the molecule is CC(c1cc(F)ccc1OCCF)N(C)c1ccn2ncc(-c3cnn(CCO)c3)c2n1. The second-order valence-corrected chi connectivity index (χ2v) is 7.33. The van der Waals surface area contributed by atoms with Gasteiger partial charge in [-0.2, -0.15) is 10.2 Å². The first kappa shape index (κ1) is 21.7. The summed E-state index contributed by atoms with van der Waals surface area (Å²) in [5, 5.41) is 17.7. The standard InChI is InChI=1S/C22H24F2N6O2/c1-15(18-11-17(24)3-4-20(18)32-10-6-23)28(2)21-5-7-30-22(27-21)19(13-26-30)16-12-25-29(14-16)8-9-31/h3-5,7,11-15,31H,6,8-10H2,1-2H3. The third-order valence-corrected chi connectivity index (χ3v) is 5.33. The number of hydrogen-bond donors (Lipinski definition) is 1. The number of fused-ring (bicyclic) bond motifs is 1. The minimum atomic E-state index is -0.627. The molecule has 1 atom stereocenters. The number of nitrogens with zero attached hydrogens (tertiary/aromatic N) is 6. The lowest BCUT2D eigenvalue weighted by Gasteiger charge is -2.28. The van der Waals surface area contributed by atoms with Crippen LogP contribution in [0.2, 0.25) is 0 Å². The Morgan fingerprint density at radius 1 is 1.22 bits per heavy atom. The van der Waals surface area contributed by atoms with Crippen LogP contribution in [-0.4, -0.2) is 56.4 Å². The Labute approximate surface area is 183 Å². The van der Waals surface area contributed by atoms with Crippen LogP contribution in [0.5, 0.6) is 5.75 Å². The Hall–Kier alpha value is -3.53. The van der Waals surface area contributed by atoms with Gasteiger partial charge in [0.1, 0.15) is 30.7 Å². The molecule has 0 spiro atoms. The van der Waals surface area contributed by atoms with Gasteiger partial charge in [-0.05, 0) is 31.2 Å². The van der Waals surface area contributed by atoms with Crippen LogP contribution in [0.4, 0.5) is 14.6 Å². The van der Waals surface area contributed by atoms with Crippen molar-refractivity contribution in [2.45, 2.75) is 19.5 Å². The predicted molar refractivity (Wildman–Crippen MR) is 116 cm³/mol. The van der Waals surface area contributed by atoms with Crippen molar-refractivity contribution < 1.29 is 18.6 Å². The minimum absolute atomic E-state index is 0.00191. The maximum atomic E-state index is 14.0. The van der Waals surface area contributed by atoms with E-state index < -0.39 is 12.5 Å². The summed E-state index contributed by atoms with van der Waals surface area (Å²) in [4.78, 5) is 6.66. The van der Waals surface area contributed by atoms with Crippen LogP contribution < -0.4 is 9.64 Å². The second kappa shape index (κ2) is 9.31. The zero-order chi connectivity index (χ0) is 22.7. The first-order chi connectivity index (χ1) is 15.5. The topological polar surface area (TPSA) is 80.7 Å². The minimum Gasteiger partial charge on any atom is -0.490 e. The molecule has 10 heteroatoms. The number of halogens is 2. The highest BCUT2D eigenvalue weighted by Crippen LogP contribution is 2.32. The van der Waals surface area contributed by atoms with E-state index in [4.69, 9.17) is 14.8 Å². The van der Waals surface area contributed by atoms with Crippen molar-refractivity contribution in [2.24, 2.45) is 0 Å². The van der Waals surface area contributed by atoms with Crippen LogP contribution in [0.1, 0.15) is 18.5 Å². The number of rotatable bonds is 9. The number of aliphatic hydroxyl groups is 1. The van der Waals surface area contributed by atoms with Crippen molar-refractivity contribution in [3.8, 4) is 16.9 Å². The quantitative estimate of drug-likeness (QED) is 0.429. The van der Waals surface area contributed by atoms with Crippen LogP contribution in [0, 0.1) is 5.82 Å². The van der Waals surface area contributed by atoms with Gasteiger partial charge in [-0.25, -0.2) is 18.3 Å². The van der Waals surface area contributed by atoms with Gasteiger partial charge in [-0.15, -0.1) is 0 Å². The van der Waals surface area contributed by atoms with E-state index >= 15 is 0 Å². The molecule has 0 bridgehead atoms. The summed E-state index contributed by atoms with van der Waals surface area (Å²) in [5.41, 5.74) is 2.87. The molecular weight excluding hydrogens is 418 g/mol. The van der Waals surface area contributed by atoms with Crippen LogP contribution in [0.3, 0.4) is 0 Å². The van der Waals surface area contributed by atoms with E-state index in [1.54, 1.807) is 27.8 Å². The molecular formula is C22H24F2N6O2. The third-order valence-electron chi connectivity index (χ3n) is 5.33. The van der Waals surface area contributed by atoms with E-state index in [2.05, 4.69) is 10.2 Å². The number of alkyl halides is 1. The van der Waals surface area contributed by atoms with E-state index in [-0.39, 0.29) is 19.3 Å². The molecule has 0 saturated carbocycles. The second-order valence-electron chi connectivity index (χ2n) is 7.33. The molecule has 8 nitrogen and oxygen atoms in total. The Morgan fingerprint density at radius 3 is 2.84 bits per heavy atom. The van der Waals surface area contributed by atoms with Gasteiger partial charge >= 0.3 is 0 Å². The van der Waals surface area contributed by atoms with Crippen LogP contribution in [0.15, 0.2) is 49.1 Å². The molecule has 32 heavy (non-hydrogen) atoms. The molecule has 0 radical (unpaired) electrons. The molecule has 3 heterocycles. The van der Waals surface area contributed by atoms with Gasteiger partial charge in [0, 0.05) is 36.1 Å². The van der Waals surface area contributed by atoms with Gasteiger partial charge < -0.3 is 14.7 Å². The van der Waals surface area contributed by atoms with Gasteiger partial charge in [-0.1, -0.05) is 0 Å². The van der Waals surface area contributed by atoms with Gasteiger partial charge in [-0.3, -0.25) is 4.68 Å². The van der Waals surface area contributed by atoms with E-state index in [0.717, 1.165) is 11.1 Å². The third kappa shape index (κ3) is 4.26. The van der Waals surface area contributed by atoms with Crippen LogP contribution in [0.25, 0.3) is 16.8 Å². The zero-order valence-electron chi connectivity index (χ0n) is 17.8. The van der Waals surface area contributed by atoms with Crippen molar-refractivity contribution in [1.82, 2.24) is 24.4 Å². The number of benzene rings is 1. The average Bonchev–Trinajstić information content (AvgIpc) is 3.43. The molecule has 0 aliphatic carbocycles. The fourth-order valence-corrected chi connectivity index (χ4v) is 3.52. The lowest BCUT2D eigenvalue weighted by Crippen LogP contribution is -2.23. The summed E-state index contributed by atoms with van der Waals surface area (Å²) in [7, 11) is 1.85. The lowest BCUT2D eigenvalue weighted by molar-refractivity contribution is 0.269. The lowest BCUT2D eigenvalue weighted by atomic mass is 10.1. The molecule has 0 aliphatic heterocycles. The number of anilines is 1. The van der Waals surface area contributed by atoms with Crippen LogP contribution >= 0.6 is 0 Å². The Bertz CT molecular complexity index is 1210. The average molecular weight is 442 g/mol. The molecule has 3 aromatic heterocycles. The van der Waals surface area contributed by atoms with Crippen molar-refractivity contribution >= 4 is 11.5 Å². The Kier molecular flexibility index (Phi) is 6.31. The van der Waals surface area contributed by atoms with Gasteiger partial charge in [0.25, 0.3) is 0 Å². The molecule has 0 aliphatic rings. The normalized spacial score (nSPS) is 12.3. The van der Waals surface area contributed by atoms with Crippen molar-refractivity contribution in [1.29, 1.82) is 0 Å². The van der Waals surface area contributed by atoms with Gasteiger partial charge in [0.2, 0.25) is 0 Å². The molecule has 168 valence electrons. The monoisotopic (exact) mass is 442 g/mol. The zero-order valence-corrected chi connectivity index (χ0v) is 17.8. The Balaban J connectivity index is 1.67. The molecule has 0 saturated heterocycles. The largest absolute Gasteiger partial charge is 0.490 e. The summed E-state index contributed by atoms with van der Waals surface area (Å²) >= 11 is 0. The molecule has 1 N–H and O–H groups in total. The number of aromatic nitrogens is 5. The highest BCUT2D eigenvalue weighted by atomic mass is 19.1. The molecule has 1 unspecified atom stereocenters. The summed E-state index contributed by atoms with van der Waals surface area (Å²) in [6.07, 6.45) is 7.05. The first-order valence-electron chi connectivity index (χ1n) is 10.2. The number of ether oxygens (including phenoxy) is 1. The molecule has 0 fully saturated rings. The van der Waals surface area contributed by atoms with Crippen molar-refractivity contribution in [3.05, 3.63) is 60.4 Å². The van der Waals surface area contributed by atoms with E-state index in [0.29, 0.717) is 29.3 Å². The summed E-state index contributed by atoms with van der Waals surface area (Å²) < 4.78 is 35.4. The number of aliphatic hydroxyl groups excluding tert-OH is 1. The van der Waals surface area contributed by atoms with Crippen molar-refractivity contribution in [3.63, 3.8) is 0 Å². The summed E-state index contributed by atoms with van der Waals surface area (Å²) in [6.45, 7) is 1.58. The van der Waals surface area contributed by atoms with E-state index in [1.165, 1.54) is 18.2 Å². The van der Waals surface area contributed by atoms with Gasteiger partial charge in [0.15, 0.2) is 5.65 Å². The summed E-state index contributed by atoms with van der Waals surface area (Å²) in [5.74, 6) is 0.690. The van der Waals surface area contributed by atoms with E-state index in [9.17, 15) is 8.78 Å². The fourth-order valence-electron chi connectivity index (χ4n) is 3.52. The predicted octanol–water partition coefficient (Wildman–Crippen LogP) is 3.27. The molecule has 1 aromatic carbocycles. The first-order valence-corrected chi connectivity index (χ1v) is 10.2. The maximum Gasteiger partial charge on any atom is 0.165 e. The molecule has 0 amide bonds.